The molecule has 3 aromatic rings. The Kier molecular flexibility index (Phi) is 4.58. The molecule has 1 amide bonds. The van der Waals surface area contributed by atoms with Crippen molar-refractivity contribution in [2.45, 2.75) is 45.1 Å². The third-order valence-electron chi connectivity index (χ3n) is 5.52. The molecule has 1 aromatic carbocycles. The van der Waals surface area contributed by atoms with E-state index in [2.05, 4.69) is 45.7 Å². The van der Waals surface area contributed by atoms with Crippen LogP contribution in [0.3, 0.4) is 0 Å². The molecule has 0 bridgehead atoms. The van der Waals surface area contributed by atoms with E-state index in [4.69, 9.17) is 0 Å². The molecule has 1 saturated carbocycles. The van der Waals surface area contributed by atoms with Gasteiger partial charge in [-0.15, -0.1) is 0 Å². The van der Waals surface area contributed by atoms with Gasteiger partial charge in [0.15, 0.2) is 5.82 Å². The lowest BCUT2D eigenvalue weighted by Crippen LogP contribution is -2.44. The maximum atomic E-state index is 13.1. The number of amides is 1. The van der Waals surface area contributed by atoms with Crippen LogP contribution in [0.4, 0.5) is 0 Å². The zero-order chi connectivity index (χ0) is 19.7. The topological polar surface area (TPSA) is 92.7 Å². The molecule has 0 atom stereocenters. The van der Waals surface area contributed by atoms with Gasteiger partial charge in [0.2, 0.25) is 0 Å². The van der Waals surface area contributed by atoms with Crippen molar-refractivity contribution in [2.75, 3.05) is 0 Å². The van der Waals surface area contributed by atoms with E-state index in [-0.39, 0.29) is 17.0 Å². The number of benzene rings is 1. The second-order valence-corrected chi connectivity index (χ2v) is 7.45. The molecular weight excluding hydrogens is 354 g/mol. The zero-order valence-corrected chi connectivity index (χ0v) is 16.0. The van der Waals surface area contributed by atoms with Crippen molar-refractivity contribution < 1.29 is 4.79 Å². The average molecular weight is 377 g/mol. The van der Waals surface area contributed by atoms with Crippen LogP contribution in [0.15, 0.2) is 47.4 Å². The lowest BCUT2D eigenvalue weighted by Gasteiger charge is -2.31. The van der Waals surface area contributed by atoms with E-state index < -0.39 is 0 Å². The summed E-state index contributed by atoms with van der Waals surface area (Å²) in [6, 6.07) is 11.3. The maximum absolute atomic E-state index is 13.1. The first-order valence-corrected chi connectivity index (χ1v) is 9.49. The summed E-state index contributed by atoms with van der Waals surface area (Å²) in [6.07, 6.45) is 5.59. The number of aromatic amines is 1. The van der Waals surface area contributed by atoms with Crippen LogP contribution < -0.4 is 10.9 Å². The van der Waals surface area contributed by atoms with E-state index in [1.807, 2.05) is 13.0 Å². The molecule has 0 aliphatic heterocycles. The number of nitrogens with one attached hydrogen (secondary N) is 2. The largest absolute Gasteiger partial charge is 0.342 e. The predicted molar refractivity (Wildman–Crippen MR) is 106 cm³/mol. The molecule has 0 spiro atoms. The number of rotatable bonds is 4. The molecule has 0 radical (unpaired) electrons. The first kappa shape index (κ1) is 18.2. The molecular formula is C21H23N5O2. The lowest BCUT2D eigenvalue weighted by molar-refractivity contribution is 0.0897. The molecule has 4 rings (SSSR count). The minimum Gasteiger partial charge on any atom is -0.342 e. The first-order chi connectivity index (χ1) is 13.5. The average Bonchev–Trinajstić information content (AvgIpc) is 3.30. The molecule has 0 unspecified atom stereocenters. The van der Waals surface area contributed by atoms with Gasteiger partial charge in [-0.2, -0.15) is 10.2 Å². The Balaban J connectivity index is 1.64. The smallest absolute Gasteiger partial charge is 0.264 e. The fourth-order valence-corrected chi connectivity index (χ4v) is 4.01. The minimum absolute atomic E-state index is 0.142. The molecule has 1 fully saturated rings. The van der Waals surface area contributed by atoms with E-state index in [9.17, 15) is 9.59 Å². The van der Waals surface area contributed by atoms with Crippen molar-refractivity contribution in [3.8, 4) is 5.82 Å². The van der Waals surface area contributed by atoms with Gasteiger partial charge >= 0.3 is 0 Å². The normalized spacial score (nSPS) is 15.5. The van der Waals surface area contributed by atoms with Crippen molar-refractivity contribution in [2.24, 2.45) is 0 Å². The zero-order valence-electron chi connectivity index (χ0n) is 16.0. The minimum atomic E-state index is -0.339. The van der Waals surface area contributed by atoms with Gasteiger partial charge in [-0.3, -0.25) is 9.59 Å². The van der Waals surface area contributed by atoms with Crippen LogP contribution >= 0.6 is 0 Å². The molecule has 144 valence electrons. The number of aryl methyl sites for hydroxylation is 1. The number of H-pyrrole nitrogens is 1. The second-order valence-electron chi connectivity index (χ2n) is 7.45. The van der Waals surface area contributed by atoms with Gasteiger partial charge in [0.25, 0.3) is 11.5 Å². The highest BCUT2D eigenvalue weighted by Crippen LogP contribution is 2.39. The van der Waals surface area contributed by atoms with Gasteiger partial charge < -0.3 is 5.32 Å². The summed E-state index contributed by atoms with van der Waals surface area (Å²) in [5.41, 5.74) is 2.90. The lowest BCUT2D eigenvalue weighted by atomic mass is 9.87. The van der Waals surface area contributed by atoms with Gasteiger partial charge in [0.05, 0.1) is 23.0 Å². The highest BCUT2D eigenvalue weighted by atomic mass is 16.2. The van der Waals surface area contributed by atoms with Gasteiger partial charge in [-0.25, -0.2) is 9.78 Å². The second kappa shape index (κ2) is 7.07. The summed E-state index contributed by atoms with van der Waals surface area (Å²) < 4.78 is 1.55. The Hall–Kier alpha value is -3.22. The highest BCUT2D eigenvalue weighted by Gasteiger charge is 2.37. The predicted octanol–water partition coefficient (Wildman–Crippen LogP) is 2.77. The fraction of sp³-hybridized carbons (Fsp3) is 0.333. The summed E-state index contributed by atoms with van der Waals surface area (Å²) in [7, 11) is 0. The first-order valence-electron chi connectivity index (χ1n) is 9.49. The standard InChI is InChI=1S/C21H23N5O2/c1-14-6-5-7-16(12-14)21(10-3-4-11-21)23-20(28)17-13-22-26(15(17)2)18-8-9-19(27)25-24-18/h5-9,12-13H,3-4,10-11H2,1-2H3,(H,23,28)(H,25,27). The van der Waals surface area contributed by atoms with Crippen molar-refractivity contribution in [3.05, 3.63) is 75.3 Å². The monoisotopic (exact) mass is 377 g/mol. The number of carbonyl (C=O) groups excluding carboxylic acids is 1. The number of aromatic nitrogens is 4. The fourth-order valence-electron chi connectivity index (χ4n) is 4.01. The summed E-state index contributed by atoms with van der Waals surface area (Å²) in [4.78, 5) is 24.4. The number of nitrogens with zero attached hydrogens (tertiary/aromatic N) is 3. The van der Waals surface area contributed by atoms with E-state index in [1.165, 1.54) is 11.6 Å². The van der Waals surface area contributed by atoms with Gasteiger partial charge in [-0.05, 0) is 38.3 Å². The summed E-state index contributed by atoms with van der Waals surface area (Å²) in [5, 5.41) is 14.0. The molecule has 0 saturated heterocycles. The van der Waals surface area contributed by atoms with Gasteiger partial charge in [0.1, 0.15) is 0 Å². The van der Waals surface area contributed by atoms with Crippen molar-refractivity contribution in [1.82, 2.24) is 25.3 Å². The third kappa shape index (κ3) is 3.24. The van der Waals surface area contributed by atoms with Crippen molar-refractivity contribution in [3.63, 3.8) is 0 Å². The Morgan fingerprint density at radius 2 is 1.96 bits per heavy atom. The Bertz CT molecular complexity index is 1060. The molecule has 2 aromatic heterocycles. The Labute approximate surface area is 162 Å². The summed E-state index contributed by atoms with van der Waals surface area (Å²) in [5.74, 6) is 0.321. The van der Waals surface area contributed by atoms with Crippen LogP contribution in [-0.2, 0) is 5.54 Å². The third-order valence-corrected chi connectivity index (χ3v) is 5.52. The molecule has 1 aliphatic carbocycles. The van der Waals surface area contributed by atoms with E-state index >= 15 is 0 Å². The van der Waals surface area contributed by atoms with Gasteiger partial charge in [-0.1, -0.05) is 42.7 Å². The molecule has 7 nitrogen and oxygen atoms in total. The Morgan fingerprint density at radius 3 is 2.64 bits per heavy atom. The van der Waals surface area contributed by atoms with Crippen LogP contribution in [0.2, 0.25) is 0 Å². The number of carbonyl (C=O) groups is 1. The summed E-state index contributed by atoms with van der Waals surface area (Å²) >= 11 is 0. The molecule has 2 heterocycles. The quantitative estimate of drug-likeness (QED) is 0.731. The van der Waals surface area contributed by atoms with Gasteiger partial charge in [0, 0.05) is 6.07 Å². The molecule has 1 aliphatic rings. The van der Waals surface area contributed by atoms with Crippen molar-refractivity contribution >= 4 is 5.91 Å². The maximum Gasteiger partial charge on any atom is 0.264 e. The molecule has 2 N–H and O–H groups in total. The number of hydrogen-bond acceptors (Lipinski definition) is 4. The van der Waals surface area contributed by atoms with Crippen LogP contribution in [0.1, 0.15) is 52.9 Å². The Morgan fingerprint density at radius 1 is 1.18 bits per heavy atom. The van der Waals surface area contributed by atoms with E-state index in [0.29, 0.717) is 17.1 Å². The van der Waals surface area contributed by atoms with Crippen LogP contribution in [0.25, 0.3) is 5.82 Å². The number of hydrogen-bond donors (Lipinski definition) is 2. The SMILES string of the molecule is Cc1cccc(C2(NC(=O)c3cnn(-c4ccc(=O)[nH]n4)c3C)CCCC2)c1. The molecule has 28 heavy (non-hydrogen) atoms. The van der Waals surface area contributed by atoms with Crippen LogP contribution in [0, 0.1) is 13.8 Å². The van der Waals surface area contributed by atoms with Crippen LogP contribution in [-0.4, -0.2) is 25.9 Å². The summed E-state index contributed by atoms with van der Waals surface area (Å²) in [6.45, 7) is 3.89. The highest BCUT2D eigenvalue weighted by molar-refractivity contribution is 5.95. The van der Waals surface area contributed by atoms with Crippen LogP contribution in [0.5, 0.6) is 0 Å². The van der Waals surface area contributed by atoms with E-state index in [1.54, 1.807) is 16.9 Å². The molecule has 7 heteroatoms. The van der Waals surface area contributed by atoms with E-state index in [0.717, 1.165) is 31.2 Å². The van der Waals surface area contributed by atoms with Crippen molar-refractivity contribution in [1.29, 1.82) is 0 Å².